The second-order valence-corrected chi connectivity index (χ2v) is 13.6. The zero-order valence-electron chi connectivity index (χ0n) is 37.6. The number of hydrogen-bond acceptors (Lipinski definition) is 8. The lowest BCUT2D eigenvalue weighted by atomic mass is 10.0. The minimum Gasteiger partial charge on any atom is -0.462 e. The predicted molar refractivity (Wildman–Crippen MR) is 191 cm³/mol. The van der Waals surface area contributed by atoms with E-state index < -0.39 is 77.6 Å². The monoisotopic (exact) mass is 722 g/mol. The molecule has 11 heteroatoms. The van der Waals surface area contributed by atoms with Gasteiger partial charge in [0.2, 0.25) is 0 Å². The largest absolute Gasteiger partial charge is 0.472 e. The van der Waals surface area contributed by atoms with Gasteiger partial charge in [0, 0.05) is 17.5 Å². The van der Waals surface area contributed by atoms with Gasteiger partial charge in [0.25, 0.3) is 0 Å². The number of unbranched alkanes of at least 4 members (excludes halogenated alkanes) is 12. The van der Waals surface area contributed by atoms with Crippen LogP contribution in [-0.4, -0.2) is 80.5 Å². The molecule has 0 aliphatic carbocycles. The van der Waals surface area contributed by atoms with Crippen LogP contribution in [0.15, 0.2) is 54.6 Å². The van der Waals surface area contributed by atoms with Gasteiger partial charge in [0.15, 0.2) is 11.9 Å². The Morgan fingerprint density at radius 3 is 1.84 bits per heavy atom. The quantitative estimate of drug-likeness (QED) is 0.0319. The van der Waals surface area contributed by atoms with Gasteiger partial charge in [0.1, 0.15) is 19.8 Å². The van der Waals surface area contributed by atoms with Crippen molar-refractivity contribution >= 4 is 25.5 Å². The molecular formula is C38H59NO9P+. The molecule has 10 nitrogen and oxygen atoms in total. The van der Waals surface area contributed by atoms with Gasteiger partial charge in [0.05, 0.1) is 45.4 Å². The maximum atomic E-state index is 13.1. The summed E-state index contributed by atoms with van der Waals surface area (Å²) < 4.78 is 100. The molecule has 2 aromatic rings. The van der Waals surface area contributed by atoms with E-state index in [1.54, 1.807) is 30.3 Å². The van der Waals surface area contributed by atoms with Gasteiger partial charge in [-0.05, 0) is 18.6 Å². The van der Waals surface area contributed by atoms with Crippen LogP contribution < -0.4 is 0 Å². The average Bonchev–Trinajstić information content (AvgIpc) is 3.14. The number of esters is 2. The molecule has 0 heterocycles. The third kappa shape index (κ3) is 19.8. The fourth-order valence-electron chi connectivity index (χ4n) is 4.90. The summed E-state index contributed by atoms with van der Waals surface area (Å²) in [6, 6.07) is 14.0. The molecule has 274 valence electrons. The highest BCUT2D eigenvalue weighted by atomic mass is 31.2. The summed E-state index contributed by atoms with van der Waals surface area (Å²) in [5.74, 6) is -1.85. The van der Waals surface area contributed by atoms with Gasteiger partial charge in [-0.15, -0.1) is 0 Å². The Balaban J connectivity index is 2.01. The van der Waals surface area contributed by atoms with Crippen LogP contribution in [0.3, 0.4) is 0 Å². The number of ketones is 1. The van der Waals surface area contributed by atoms with Crippen molar-refractivity contribution in [3.8, 4) is 0 Å². The van der Waals surface area contributed by atoms with Crippen molar-refractivity contribution < 1.29 is 59.2 Å². The highest BCUT2D eigenvalue weighted by molar-refractivity contribution is 7.47. The molecule has 0 saturated heterocycles. The number of benzene rings is 2. The zero-order valence-corrected chi connectivity index (χ0v) is 29.5. The molecule has 0 saturated carbocycles. The highest BCUT2D eigenvalue weighted by Crippen LogP contribution is 2.43. The summed E-state index contributed by atoms with van der Waals surface area (Å²) in [5, 5.41) is 0. The van der Waals surface area contributed by atoms with E-state index >= 15 is 0 Å². The van der Waals surface area contributed by atoms with Crippen molar-refractivity contribution in [1.29, 1.82) is 0 Å². The summed E-state index contributed by atoms with van der Waals surface area (Å²) in [4.78, 5) is 48.9. The lowest BCUT2D eigenvalue weighted by Crippen LogP contribution is -2.37. The topological polar surface area (TPSA) is 125 Å². The second kappa shape index (κ2) is 23.5. The molecule has 49 heavy (non-hydrogen) atoms. The molecule has 0 fully saturated rings. The molecular weight excluding hydrogens is 645 g/mol. The molecule has 0 spiro atoms. The molecule has 1 unspecified atom stereocenters. The third-order valence-corrected chi connectivity index (χ3v) is 8.70. The summed E-state index contributed by atoms with van der Waals surface area (Å²) in [6.07, 6.45) is 13.2. The van der Waals surface area contributed by atoms with Crippen LogP contribution in [-0.2, 0) is 27.9 Å². The van der Waals surface area contributed by atoms with Crippen LogP contribution in [0.2, 0.25) is 0 Å². The first kappa shape index (κ1) is 29.8. The number of rotatable bonds is 27. The first-order valence-electron chi connectivity index (χ1n) is 21.7. The maximum Gasteiger partial charge on any atom is 0.472 e. The summed E-state index contributed by atoms with van der Waals surface area (Å²) >= 11 is 0. The van der Waals surface area contributed by atoms with Crippen LogP contribution in [0.1, 0.15) is 135 Å². The minimum atomic E-state index is -5.17. The van der Waals surface area contributed by atoms with E-state index in [0.717, 1.165) is 25.7 Å². The molecule has 2 atom stereocenters. The van der Waals surface area contributed by atoms with Crippen LogP contribution in [0, 0.1) is 0 Å². The van der Waals surface area contributed by atoms with E-state index in [9.17, 15) is 23.8 Å². The molecule has 1 N–H and O–H groups in total. The second-order valence-electron chi connectivity index (χ2n) is 12.1. The predicted octanol–water partition coefficient (Wildman–Crippen LogP) is 8.31. The van der Waals surface area contributed by atoms with Crippen molar-refractivity contribution in [2.24, 2.45) is 0 Å². The van der Waals surface area contributed by atoms with Crippen LogP contribution >= 0.6 is 7.82 Å². The number of phosphoric ester groups is 1. The van der Waals surface area contributed by atoms with Crippen molar-refractivity contribution in [2.45, 2.75) is 103 Å². The number of nitrogens with zero attached hydrogens (tertiary/aromatic N) is 1. The maximum absolute atomic E-state index is 13.1. The Kier molecular flexibility index (Phi) is 14.3. The van der Waals surface area contributed by atoms with Crippen molar-refractivity contribution in [3.05, 3.63) is 71.3 Å². The zero-order chi connectivity index (χ0) is 43.5. The molecule has 2 rings (SSSR count). The normalized spacial score (nSPS) is 16.9. The Bertz CT molecular complexity index is 1550. The number of quaternary nitrogens is 1. The van der Waals surface area contributed by atoms with E-state index in [2.05, 4.69) is 6.92 Å². The minimum absolute atomic E-state index is 0.00977. The molecule has 0 aliphatic rings. The van der Waals surface area contributed by atoms with Gasteiger partial charge in [-0.2, -0.15) is 0 Å². The lowest BCUT2D eigenvalue weighted by molar-refractivity contribution is -0.870. The number of likely N-dealkylation sites (N-methyl/N-ethyl adjacent to an activating group) is 1. The van der Waals surface area contributed by atoms with Crippen LogP contribution in [0.25, 0.3) is 0 Å². The number of phosphoric acid groups is 1. The summed E-state index contributed by atoms with van der Waals surface area (Å²) in [5.41, 5.74) is 0.719. The SMILES string of the molecule is [3H]C([3H])([3H])[N+](CCOP(=O)(O)OC[C@@H](COC(=O)CCCCCCCCCCCCCCC)OC(=O)c1ccc(C(=O)c2ccccc2)cc1)(C([3H])([3H])[3H])C([3H])([3H])[3H]. The van der Waals surface area contributed by atoms with Gasteiger partial charge >= 0.3 is 19.8 Å². The van der Waals surface area contributed by atoms with E-state index in [1.807, 2.05) is 0 Å². The fraction of sp³-hybridized carbons (Fsp3) is 0.605. The average molecular weight is 723 g/mol. The Labute approximate surface area is 306 Å². The van der Waals surface area contributed by atoms with Crippen LogP contribution in [0.4, 0.5) is 0 Å². The van der Waals surface area contributed by atoms with Gasteiger partial charge < -0.3 is 18.9 Å². The first-order valence-corrected chi connectivity index (χ1v) is 18.7. The van der Waals surface area contributed by atoms with E-state index in [0.29, 0.717) is 17.5 Å². The molecule has 0 radical (unpaired) electrons. The van der Waals surface area contributed by atoms with Gasteiger partial charge in [-0.25, -0.2) is 9.36 Å². The number of ether oxygens (including phenoxy) is 2. The first-order chi connectivity index (χ1) is 27.1. The number of carbonyl (C=O) groups is 3. The van der Waals surface area contributed by atoms with Crippen molar-refractivity contribution in [1.82, 2.24) is 0 Å². The summed E-state index contributed by atoms with van der Waals surface area (Å²) in [6.45, 7) is -12.5. The molecule has 0 amide bonds. The highest BCUT2D eigenvalue weighted by Gasteiger charge is 2.27. The van der Waals surface area contributed by atoms with Gasteiger partial charge in [-0.1, -0.05) is 126 Å². The van der Waals surface area contributed by atoms with E-state index in [1.165, 1.54) is 75.6 Å². The number of hydrogen-bond donors (Lipinski definition) is 1. The fourth-order valence-corrected chi connectivity index (χ4v) is 5.64. The van der Waals surface area contributed by atoms with E-state index in [4.69, 9.17) is 30.9 Å². The van der Waals surface area contributed by atoms with Crippen LogP contribution in [0.5, 0.6) is 0 Å². The molecule has 0 aliphatic heterocycles. The van der Waals surface area contributed by atoms with E-state index in [-0.39, 0.29) is 17.8 Å². The Morgan fingerprint density at radius 1 is 0.735 bits per heavy atom. The lowest BCUT2D eigenvalue weighted by Gasteiger charge is -2.24. The Morgan fingerprint density at radius 2 is 1.27 bits per heavy atom. The third-order valence-electron chi connectivity index (χ3n) is 7.71. The molecule has 0 bridgehead atoms. The molecule has 2 aromatic carbocycles. The smallest absolute Gasteiger partial charge is 0.462 e. The van der Waals surface area contributed by atoms with Crippen molar-refractivity contribution in [2.75, 3.05) is 47.3 Å². The Hall–Kier alpha value is -2.88. The van der Waals surface area contributed by atoms with Gasteiger partial charge in [-0.3, -0.25) is 18.6 Å². The standard InChI is InChI=1S/C38H58NO9P/c1-5-6-7-8-9-10-11-12-13-14-15-16-20-23-36(40)45-30-35(31-47-49(43,44)46-29-28-39(2,3)4)48-38(42)34-26-24-33(25-27-34)37(41)32-21-18-17-19-22-32/h17-19,21-22,24-27,35H,5-16,20,23,28-31H2,1-4H3/p+1/t35-/m1/s1/i2T3,3T3,4T3. The summed E-state index contributed by atoms with van der Waals surface area (Å²) in [7, 11) is -5.17. The molecule has 0 aromatic heterocycles. The van der Waals surface area contributed by atoms with Crippen molar-refractivity contribution in [3.63, 3.8) is 0 Å². The number of carbonyl (C=O) groups excluding carboxylic acids is 3.